The van der Waals surface area contributed by atoms with Crippen LogP contribution in [0.5, 0.6) is 0 Å². The van der Waals surface area contributed by atoms with Crippen LogP contribution >= 0.6 is 0 Å². The summed E-state index contributed by atoms with van der Waals surface area (Å²) in [6, 6.07) is 0. The molecule has 0 atom stereocenters. The van der Waals surface area contributed by atoms with Crippen molar-refractivity contribution < 1.29 is 81.1 Å². The number of hydrogen-bond donors (Lipinski definition) is 14. The Balaban J connectivity index is -0.000000153. The first-order valence-electron chi connectivity index (χ1n) is 21.5. The van der Waals surface area contributed by atoms with Gasteiger partial charge in [-0.25, -0.2) is 0 Å². The van der Waals surface area contributed by atoms with E-state index in [0.717, 1.165) is 25.7 Å². The molecule has 0 radical (unpaired) electrons. The Labute approximate surface area is 349 Å². The third kappa shape index (κ3) is 86.1. The molecule has 0 fully saturated rings. The molecule has 0 amide bonds. The van der Waals surface area contributed by atoms with Gasteiger partial charge in [0.05, 0.1) is 52.9 Å². The highest BCUT2D eigenvalue weighted by molar-refractivity contribution is 5.66. The van der Waals surface area contributed by atoms with E-state index in [1.165, 1.54) is 116 Å². The number of carboxylic acid groups (broad SMARTS) is 2. The molecule has 0 aromatic heterocycles. The Morgan fingerprint density at radius 3 is 0.707 bits per heavy atom. The molecule has 354 valence electrons. The van der Waals surface area contributed by atoms with Gasteiger partial charge in [-0.3, -0.25) is 9.59 Å². The summed E-state index contributed by atoms with van der Waals surface area (Å²) in [5.74, 6) is -1.32. The second-order valence-corrected chi connectivity index (χ2v) is 13.8. The average Bonchev–Trinajstić information content (AvgIpc) is 3.24. The topological polar surface area (TPSA) is 317 Å². The van der Waals surface area contributed by atoms with Gasteiger partial charge in [-0.2, -0.15) is 0 Å². The Kier molecular flexibility index (Phi) is 75.4. The van der Waals surface area contributed by atoms with Crippen molar-refractivity contribution in [3.05, 3.63) is 12.2 Å². The lowest BCUT2D eigenvalue weighted by molar-refractivity contribution is -0.138. The van der Waals surface area contributed by atoms with Crippen molar-refractivity contribution >= 4 is 11.9 Å². The van der Waals surface area contributed by atoms with Crippen LogP contribution in [0.3, 0.4) is 0 Å². The van der Waals surface area contributed by atoms with Crippen molar-refractivity contribution in [2.24, 2.45) is 0 Å². The number of rotatable bonds is 33. The van der Waals surface area contributed by atoms with Gasteiger partial charge in [-0.05, 0) is 38.5 Å². The van der Waals surface area contributed by atoms with Crippen LogP contribution in [-0.4, -0.2) is 161 Å². The fourth-order valence-electron chi connectivity index (χ4n) is 4.16. The third-order valence-electron chi connectivity index (χ3n) is 7.83. The summed E-state index contributed by atoms with van der Waals surface area (Å²) in [6.45, 7) is 1.57. The maximum Gasteiger partial charge on any atom is 0.303 e. The van der Waals surface area contributed by atoms with Crippen LogP contribution in [0, 0.1) is 0 Å². The molecule has 0 bridgehead atoms. The highest BCUT2D eigenvalue weighted by atomic mass is 16.4. The van der Waals surface area contributed by atoms with E-state index in [-0.39, 0.29) is 52.9 Å². The molecule has 14 N–H and O–H groups in total. The molecule has 58 heavy (non-hydrogen) atoms. The number of aliphatic hydroxyl groups is 12. The summed E-state index contributed by atoms with van der Waals surface area (Å²) in [5.41, 5.74) is 0. The van der Waals surface area contributed by atoms with Gasteiger partial charge in [0.1, 0.15) is 24.4 Å². The van der Waals surface area contributed by atoms with Crippen molar-refractivity contribution in [1.82, 2.24) is 0 Å². The van der Waals surface area contributed by atoms with Gasteiger partial charge in [-0.15, -0.1) is 0 Å². The SMILES string of the molecule is CCCCCCCC/C=C\CCCCCCCC(=O)O.CCCCCCCCCCCC(=O)O.OCC(O)CO.OCC(O)CO.OCC(O)CO.OCC(O)CO. The minimum Gasteiger partial charge on any atom is -0.481 e. The van der Waals surface area contributed by atoms with Crippen molar-refractivity contribution in [1.29, 1.82) is 0 Å². The van der Waals surface area contributed by atoms with E-state index < -0.39 is 36.4 Å². The Morgan fingerprint density at radius 2 is 0.534 bits per heavy atom. The molecular formula is C42H90O16. The van der Waals surface area contributed by atoms with Crippen LogP contribution in [0.15, 0.2) is 12.2 Å². The molecule has 0 aliphatic heterocycles. The standard InChI is InChI=1S/C18H34O2.C12H24O2.4C3H8O3/c1-2-3-4-5-6-7-8-9-10-11-12-13-14-15-16-17-18(19)20;1-2-3-4-5-6-7-8-9-10-11-12(13)14;4*4-1-3(6)2-5/h9-10H,2-8,11-17H2,1H3,(H,19,20);2-11H2,1H3,(H,13,14);4*3-6H,1-2H2/b10-9-;;;;;. The second-order valence-electron chi connectivity index (χ2n) is 13.8. The van der Waals surface area contributed by atoms with Crippen LogP contribution in [-0.2, 0) is 9.59 Å². The number of hydrogen-bond acceptors (Lipinski definition) is 14. The van der Waals surface area contributed by atoms with Crippen LogP contribution in [0.2, 0.25) is 0 Å². The highest BCUT2D eigenvalue weighted by Gasteiger charge is 1.98. The lowest BCUT2D eigenvalue weighted by Gasteiger charge is -2.00. The van der Waals surface area contributed by atoms with Gasteiger partial charge in [-0.1, -0.05) is 129 Å². The summed E-state index contributed by atoms with van der Waals surface area (Å²) < 4.78 is 0. The zero-order valence-corrected chi connectivity index (χ0v) is 36.2. The van der Waals surface area contributed by atoms with Gasteiger partial charge in [0.15, 0.2) is 0 Å². The van der Waals surface area contributed by atoms with Gasteiger partial charge in [0.2, 0.25) is 0 Å². The minimum absolute atomic E-state index is 0.332. The van der Waals surface area contributed by atoms with E-state index in [9.17, 15) is 9.59 Å². The van der Waals surface area contributed by atoms with Crippen LogP contribution in [0.25, 0.3) is 0 Å². The van der Waals surface area contributed by atoms with Crippen molar-refractivity contribution in [2.45, 2.75) is 192 Å². The summed E-state index contributed by atoms with van der Waals surface area (Å²) in [4.78, 5) is 20.5. The molecule has 0 saturated carbocycles. The van der Waals surface area contributed by atoms with E-state index in [1.54, 1.807) is 0 Å². The minimum atomic E-state index is -0.954. The normalized spacial score (nSPS) is 10.5. The van der Waals surface area contributed by atoms with E-state index in [0.29, 0.717) is 12.8 Å². The predicted molar refractivity (Wildman–Crippen MR) is 227 cm³/mol. The molecule has 0 saturated heterocycles. The van der Waals surface area contributed by atoms with E-state index in [4.69, 9.17) is 71.5 Å². The lowest BCUT2D eigenvalue weighted by atomic mass is 10.1. The molecule has 0 aliphatic rings. The number of carbonyl (C=O) groups is 2. The molecule has 16 nitrogen and oxygen atoms in total. The number of aliphatic hydroxyl groups excluding tert-OH is 12. The predicted octanol–water partition coefficient (Wildman–Crippen LogP) is 3.43. The summed E-state index contributed by atoms with van der Waals surface area (Å²) >= 11 is 0. The maximum absolute atomic E-state index is 10.3. The van der Waals surface area contributed by atoms with E-state index in [2.05, 4.69) is 26.0 Å². The molecule has 0 aliphatic carbocycles. The average molecular weight is 851 g/mol. The van der Waals surface area contributed by atoms with Gasteiger partial charge < -0.3 is 71.5 Å². The largest absolute Gasteiger partial charge is 0.481 e. The van der Waals surface area contributed by atoms with Gasteiger partial charge >= 0.3 is 11.9 Å². The van der Waals surface area contributed by atoms with Crippen LogP contribution < -0.4 is 0 Å². The molecule has 0 aromatic carbocycles. The number of unbranched alkanes of at least 4 members (excludes halogenated alkanes) is 19. The summed E-state index contributed by atoms with van der Waals surface area (Å²) in [5, 5.41) is 113. The van der Waals surface area contributed by atoms with Crippen LogP contribution in [0.4, 0.5) is 0 Å². The van der Waals surface area contributed by atoms with E-state index >= 15 is 0 Å². The van der Waals surface area contributed by atoms with Crippen molar-refractivity contribution in [3.8, 4) is 0 Å². The third-order valence-corrected chi connectivity index (χ3v) is 7.83. The van der Waals surface area contributed by atoms with Gasteiger partial charge in [0, 0.05) is 12.8 Å². The zero-order chi connectivity index (χ0) is 45.5. The van der Waals surface area contributed by atoms with Crippen molar-refractivity contribution in [3.63, 3.8) is 0 Å². The quantitative estimate of drug-likeness (QED) is 0.0332. The molecular weight excluding hydrogens is 760 g/mol. The first-order valence-corrected chi connectivity index (χ1v) is 21.5. The molecule has 0 aromatic rings. The zero-order valence-electron chi connectivity index (χ0n) is 36.2. The molecule has 0 rings (SSSR count). The molecule has 0 spiro atoms. The fraction of sp³-hybridized carbons (Fsp3) is 0.905. The first kappa shape index (κ1) is 68.0. The Bertz CT molecular complexity index is 705. The number of aliphatic carboxylic acids is 2. The molecule has 0 heterocycles. The summed E-state index contributed by atoms with van der Waals surface area (Å²) in [7, 11) is 0. The Hall–Kier alpha value is -1.80. The van der Waals surface area contributed by atoms with E-state index in [1.807, 2.05) is 0 Å². The monoisotopic (exact) mass is 851 g/mol. The number of allylic oxidation sites excluding steroid dienone is 2. The first-order chi connectivity index (χ1) is 27.8. The molecule has 0 unspecified atom stereocenters. The smallest absolute Gasteiger partial charge is 0.303 e. The summed E-state index contributed by atoms with van der Waals surface area (Å²) in [6.07, 6.45) is 28.9. The fourth-order valence-corrected chi connectivity index (χ4v) is 4.16. The van der Waals surface area contributed by atoms with Gasteiger partial charge in [0.25, 0.3) is 0 Å². The lowest BCUT2D eigenvalue weighted by Crippen LogP contribution is -2.15. The van der Waals surface area contributed by atoms with Crippen LogP contribution in [0.1, 0.15) is 168 Å². The Morgan fingerprint density at radius 1 is 0.345 bits per heavy atom. The van der Waals surface area contributed by atoms with Crippen molar-refractivity contribution in [2.75, 3.05) is 52.9 Å². The highest BCUT2D eigenvalue weighted by Crippen LogP contribution is 2.11. The second kappa shape index (κ2) is 64.3. The number of carboxylic acids is 2. The maximum atomic E-state index is 10.3. The molecule has 16 heteroatoms.